The predicted molar refractivity (Wildman–Crippen MR) is 77.5 cm³/mol. The zero-order valence-electron chi connectivity index (χ0n) is 11.2. The van der Waals surface area contributed by atoms with E-state index in [1.165, 1.54) is 5.56 Å². The van der Waals surface area contributed by atoms with Gasteiger partial charge >= 0.3 is 6.03 Å². The zero-order valence-corrected chi connectivity index (χ0v) is 11.9. The molecule has 0 aromatic heterocycles. The van der Waals surface area contributed by atoms with E-state index >= 15 is 0 Å². The molecule has 0 radical (unpaired) electrons. The van der Waals surface area contributed by atoms with Crippen LogP contribution in [0.25, 0.3) is 0 Å². The molecule has 1 aromatic carbocycles. The number of amides is 2. The second-order valence-corrected chi connectivity index (χ2v) is 4.89. The second-order valence-electron chi connectivity index (χ2n) is 4.59. The summed E-state index contributed by atoms with van der Waals surface area (Å²) in [6.07, 6.45) is 1.11. The van der Waals surface area contributed by atoms with Gasteiger partial charge in [0, 0.05) is 17.6 Å². The molecule has 0 spiro atoms. The monoisotopic (exact) mass is 268 g/mol. The Hall–Kier alpha value is -1.22. The highest BCUT2D eigenvalue weighted by molar-refractivity contribution is 6.18. The van der Waals surface area contributed by atoms with Crippen molar-refractivity contribution in [3.05, 3.63) is 29.8 Å². The number of halogens is 1. The second kappa shape index (κ2) is 7.27. The van der Waals surface area contributed by atoms with Crippen molar-refractivity contribution in [2.24, 2.45) is 0 Å². The zero-order chi connectivity index (χ0) is 13.5. The lowest BCUT2D eigenvalue weighted by atomic mass is 9.99. The molecule has 0 saturated heterocycles. The van der Waals surface area contributed by atoms with Gasteiger partial charge in [-0.05, 0) is 37.0 Å². The van der Waals surface area contributed by atoms with Crippen molar-refractivity contribution in [1.82, 2.24) is 5.32 Å². The van der Waals surface area contributed by atoms with Crippen molar-refractivity contribution >= 4 is 23.3 Å². The first-order valence-corrected chi connectivity index (χ1v) is 6.83. The summed E-state index contributed by atoms with van der Waals surface area (Å²) in [7, 11) is 0. The normalized spacial score (nSPS) is 13.8. The molecule has 1 unspecified atom stereocenters. The Labute approximate surface area is 114 Å². The SMILES string of the molecule is CCC(C)c1ccc(NC(=O)N[C@H](C)CCl)cc1. The molecule has 0 aliphatic rings. The number of rotatable bonds is 5. The number of hydrogen-bond donors (Lipinski definition) is 2. The van der Waals surface area contributed by atoms with E-state index < -0.39 is 0 Å². The van der Waals surface area contributed by atoms with Gasteiger partial charge in [0.1, 0.15) is 0 Å². The summed E-state index contributed by atoms with van der Waals surface area (Å²) < 4.78 is 0. The highest BCUT2D eigenvalue weighted by Crippen LogP contribution is 2.20. The van der Waals surface area contributed by atoms with E-state index in [2.05, 4.69) is 36.6 Å². The lowest BCUT2D eigenvalue weighted by Gasteiger charge is -2.13. The minimum atomic E-state index is -0.223. The third kappa shape index (κ3) is 4.57. The third-order valence-electron chi connectivity index (χ3n) is 2.96. The third-order valence-corrected chi connectivity index (χ3v) is 3.42. The molecular weight excluding hydrogens is 248 g/mol. The van der Waals surface area contributed by atoms with E-state index in [1.807, 2.05) is 19.1 Å². The minimum absolute atomic E-state index is 0.0361. The van der Waals surface area contributed by atoms with Crippen LogP contribution in [-0.4, -0.2) is 18.0 Å². The molecule has 1 aromatic rings. The largest absolute Gasteiger partial charge is 0.334 e. The van der Waals surface area contributed by atoms with Crippen LogP contribution in [0.1, 0.15) is 38.7 Å². The highest BCUT2D eigenvalue weighted by Gasteiger charge is 2.07. The lowest BCUT2D eigenvalue weighted by Crippen LogP contribution is -2.37. The summed E-state index contributed by atoms with van der Waals surface area (Å²) in [5.74, 6) is 0.949. The van der Waals surface area contributed by atoms with Crippen LogP contribution in [0.2, 0.25) is 0 Å². The van der Waals surface area contributed by atoms with Gasteiger partial charge in [0.15, 0.2) is 0 Å². The van der Waals surface area contributed by atoms with E-state index in [0.717, 1.165) is 12.1 Å². The van der Waals surface area contributed by atoms with E-state index in [1.54, 1.807) is 0 Å². The van der Waals surface area contributed by atoms with Gasteiger partial charge in [0.2, 0.25) is 0 Å². The molecule has 2 atom stereocenters. The van der Waals surface area contributed by atoms with Crippen molar-refractivity contribution in [3.63, 3.8) is 0 Å². The smallest absolute Gasteiger partial charge is 0.319 e. The van der Waals surface area contributed by atoms with Gasteiger partial charge in [-0.3, -0.25) is 0 Å². The Kier molecular flexibility index (Phi) is 5.99. The average Bonchev–Trinajstić information content (AvgIpc) is 2.38. The Morgan fingerprint density at radius 3 is 2.39 bits per heavy atom. The van der Waals surface area contributed by atoms with E-state index in [4.69, 9.17) is 11.6 Å². The van der Waals surface area contributed by atoms with Crippen LogP contribution >= 0.6 is 11.6 Å². The molecule has 0 saturated carbocycles. The molecule has 18 heavy (non-hydrogen) atoms. The molecule has 2 amide bonds. The first kappa shape index (κ1) is 14.8. The molecule has 100 valence electrons. The molecule has 2 N–H and O–H groups in total. The van der Waals surface area contributed by atoms with Crippen LogP contribution in [0.3, 0.4) is 0 Å². The number of urea groups is 1. The number of alkyl halides is 1. The maximum atomic E-state index is 11.6. The van der Waals surface area contributed by atoms with Crippen LogP contribution in [0, 0.1) is 0 Å². The lowest BCUT2D eigenvalue weighted by molar-refractivity contribution is 0.250. The highest BCUT2D eigenvalue weighted by atomic mass is 35.5. The van der Waals surface area contributed by atoms with Gasteiger partial charge in [-0.1, -0.05) is 26.0 Å². The van der Waals surface area contributed by atoms with Crippen molar-refractivity contribution < 1.29 is 4.79 Å². The van der Waals surface area contributed by atoms with Crippen molar-refractivity contribution in [2.45, 2.75) is 39.2 Å². The van der Waals surface area contributed by atoms with Gasteiger partial charge in [-0.15, -0.1) is 11.6 Å². The Morgan fingerprint density at radius 1 is 1.28 bits per heavy atom. The summed E-state index contributed by atoms with van der Waals surface area (Å²) in [5.41, 5.74) is 2.08. The van der Waals surface area contributed by atoms with Crippen molar-refractivity contribution in [1.29, 1.82) is 0 Å². The van der Waals surface area contributed by atoms with Crippen molar-refractivity contribution in [2.75, 3.05) is 11.2 Å². The fraction of sp³-hybridized carbons (Fsp3) is 0.500. The Bertz CT molecular complexity index is 378. The molecule has 3 nitrogen and oxygen atoms in total. The minimum Gasteiger partial charge on any atom is -0.334 e. The molecule has 0 aliphatic carbocycles. The number of carbonyl (C=O) groups is 1. The van der Waals surface area contributed by atoms with Crippen molar-refractivity contribution in [3.8, 4) is 0 Å². The number of anilines is 1. The number of carbonyl (C=O) groups excluding carboxylic acids is 1. The molecular formula is C14H21ClN2O. The summed E-state index contributed by atoms with van der Waals surface area (Å²) in [5, 5.41) is 5.53. The maximum absolute atomic E-state index is 11.6. The van der Waals surface area contributed by atoms with E-state index in [-0.39, 0.29) is 12.1 Å². The van der Waals surface area contributed by atoms with Gasteiger partial charge < -0.3 is 10.6 Å². The fourth-order valence-corrected chi connectivity index (χ4v) is 1.64. The Balaban J connectivity index is 2.55. The van der Waals surface area contributed by atoms with E-state index in [9.17, 15) is 4.79 Å². The Morgan fingerprint density at radius 2 is 1.89 bits per heavy atom. The molecule has 1 rings (SSSR count). The summed E-state index contributed by atoms with van der Waals surface area (Å²) in [6.45, 7) is 6.22. The molecule has 0 bridgehead atoms. The summed E-state index contributed by atoms with van der Waals surface area (Å²) in [4.78, 5) is 11.6. The quantitative estimate of drug-likeness (QED) is 0.780. The standard InChI is InChI=1S/C14H21ClN2O/c1-4-10(2)12-5-7-13(8-6-12)17-14(18)16-11(3)9-15/h5-8,10-11H,4,9H2,1-3H3,(H2,16,17,18)/t10?,11-/m1/s1. The molecule has 0 fully saturated rings. The summed E-state index contributed by atoms with van der Waals surface area (Å²) >= 11 is 5.63. The predicted octanol–water partition coefficient (Wildman–Crippen LogP) is 3.95. The first-order chi connectivity index (χ1) is 8.56. The van der Waals surface area contributed by atoms with E-state index in [0.29, 0.717) is 11.8 Å². The van der Waals surface area contributed by atoms with Crippen LogP contribution in [0.5, 0.6) is 0 Å². The molecule has 4 heteroatoms. The van der Waals surface area contributed by atoms with Gasteiger partial charge in [0.05, 0.1) is 0 Å². The van der Waals surface area contributed by atoms with Crippen LogP contribution in [0.4, 0.5) is 10.5 Å². The van der Waals surface area contributed by atoms with Crippen LogP contribution in [0.15, 0.2) is 24.3 Å². The molecule has 0 aliphatic heterocycles. The number of hydrogen-bond acceptors (Lipinski definition) is 1. The van der Waals surface area contributed by atoms with Gasteiger partial charge in [-0.25, -0.2) is 4.79 Å². The summed E-state index contributed by atoms with van der Waals surface area (Å²) in [6, 6.07) is 7.69. The maximum Gasteiger partial charge on any atom is 0.319 e. The number of benzene rings is 1. The van der Waals surface area contributed by atoms with Crippen LogP contribution in [-0.2, 0) is 0 Å². The van der Waals surface area contributed by atoms with Gasteiger partial charge in [0.25, 0.3) is 0 Å². The topological polar surface area (TPSA) is 41.1 Å². The van der Waals surface area contributed by atoms with Gasteiger partial charge in [-0.2, -0.15) is 0 Å². The van der Waals surface area contributed by atoms with Crippen LogP contribution < -0.4 is 10.6 Å². The first-order valence-electron chi connectivity index (χ1n) is 6.30. The average molecular weight is 269 g/mol. The fourth-order valence-electron chi connectivity index (χ4n) is 1.56. The number of nitrogens with one attached hydrogen (secondary N) is 2. The molecule has 0 heterocycles.